The van der Waals surface area contributed by atoms with Gasteiger partial charge in [-0.2, -0.15) is 0 Å². The van der Waals surface area contributed by atoms with Crippen LogP contribution in [0.25, 0.3) is 11.5 Å². The van der Waals surface area contributed by atoms with Gasteiger partial charge in [-0.15, -0.1) is 0 Å². The first-order chi connectivity index (χ1) is 14.7. The van der Waals surface area contributed by atoms with E-state index in [1.807, 2.05) is 11.8 Å². The van der Waals surface area contributed by atoms with Crippen molar-refractivity contribution in [1.29, 1.82) is 0 Å². The largest absolute Gasteiger partial charge is 0.444 e. The summed E-state index contributed by atoms with van der Waals surface area (Å²) in [5.41, 5.74) is 0.304. The van der Waals surface area contributed by atoms with Gasteiger partial charge in [-0.1, -0.05) is 0 Å². The summed E-state index contributed by atoms with van der Waals surface area (Å²) in [5.74, 6) is -1.78. The van der Waals surface area contributed by atoms with Crippen LogP contribution in [0.2, 0.25) is 0 Å². The fourth-order valence-electron chi connectivity index (χ4n) is 5.10. The quantitative estimate of drug-likeness (QED) is 0.665. The summed E-state index contributed by atoms with van der Waals surface area (Å²) in [6.45, 7) is 5.73. The zero-order valence-corrected chi connectivity index (χ0v) is 17.2. The number of ether oxygens (including phenoxy) is 1. The van der Waals surface area contributed by atoms with E-state index in [0.29, 0.717) is 23.5 Å². The molecule has 2 fully saturated rings. The van der Waals surface area contributed by atoms with Gasteiger partial charge in [-0.3, -0.25) is 20.2 Å². The summed E-state index contributed by atoms with van der Waals surface area (Å²) < 4.78 is 26.4. The Morgan fingerprint density at radius 1 is 1.19 bits per heavy atom. The van der Waals surface area contributed by atoms with E-state index in [9.17, 15) is 14.4 Å². The average molecular weight is 428 g/mol. The van der Waals surface area contributed by atoms with Crippen molar-refractivity contribution in [3.63, 3.8) is 0 Å². The maximum atomic E-state index is 15.1. The summed E-state index contributed by atoms with van der Waals surface area (Å²) >= 11 is 0. The number of halogens is 1. The van der Waals surface area contributed by atoms with Gasteiger partial charge in [-0.05, 0) is 44.9 Å². The van der Waals surface area contributed by atoms with Crippen LogP contribution in [0, 0.1) is 18.2 Å². The van der Waals surface area contributed by atoms with Crippen molar-refractivity contribution >= 4 is 23.5 Å². The molecule has 4 amide bonds. The Bertz CT molecular complexity index is 1110. The highest BCUT2D eigenvalue weighted by Crippen LogP contribution is 2.47. The number of nitrogens with one attached hydrogen (secondary N) is 2. The zero-order valence-electron chi connectivity index (χ0n) is 17.2. The van der Waals surface area contributed by atoms with E-state index in [1.165, 1.54) is 12.3 Å². The number of carbonyl (C=O) groups excluding carboxylic acids is 3. The van der Waals surface area contributed by atoms with E-state index in [-0.39, 0.29) is 24.0 Å². The third kappa shape index (κ3) is 2.78. The second kappa shape index (κ2) is 6.61. The minimum absolute atomic E-state index is 0.0243. The zero-order chi connectivity index (χ0) is 22.1. The molecule has 3 atom stereocenters. The normalized spacial score (nSPS) is 26.9. The van der Waals surface area contributed by atoms with Gasteiger partial charge in [0.1, 0.15) is 12.1 Å². The number of carbonyl (C=O) groups is 3. The summed E-state index contributed by atoms with van der Waals surface area (Å²) in [4.78, 5) is 44.1. The number of imide groups is 2. The lowest BCUT2D eigenvalue weighted by Gasteiger charge is -2.55. The second-order valence-electron chi connectivity index (χ2n) is 8.39. The van der Waals surface area contributed by atoms with Gasteiger partial charge < -0.3 is 14.1 Å². The van der Waals surface area contributed by atoms with Crippen LogP contribution in [-0.4, -0.2) is 47.6 Å². The molecule has 5 rings (SSSR count). The lowest BCUT2D eigenvalue weighted by molar-refractivity contribution is -0.153. The molecule has 2 aromatic rings. The Kier molecular flexibility index (Phi) is 4.20. The third-order valence-corrected chi connectivity index (χ3v) is 6.25. The van der Waals surface area contributed by atoms with Crippen LogP contribution < -0.4 is 15.5 Å². The topological polar surface area (TPSA) is 114 Å². The van der Waals surface area contributed by atoms with Crippen LogP contribution in [0.4, 0.5) is 14.9 Å². The Balaban J connectivity index is 1.71. The van der Waals surface area contributed by atoms with Gasteiger partial charge in [0, 0.05) is 12.2 Å². The number of aromatic nitrogens is 1. The molecule has 2 N–H and O–H groups in total. The fraction of sp³-hybridized carbons (Fsp3) is 0.429. The number of oxazole rings is 1. The molecule has 1 aromatic carbocycles. The van der Waals surface area contributed by atoms with Gasteiger partial charge in [0.25, 0.3) is 0 Å². The molecule has 1 spiro atoms. The van der Waals surface area contributed by atoms with E-state index in [4.69, 9.17) is 9.15 Å². The van der Waals surface area contributed by atoms with E-state index in [0.717, 1.165) is 0 Å². The molecule has 0 bridgehead atoms. The van der Waals surface area contributed by atoms with Gasteiger partial charge in [0.2, 0.25) is 17.7 Å². The predicted octanol–water partition coefficient (Wildman–Crippen LogP) is 1.68. The molecule has 31 heavy (non-hydrogen) atoms. The molecule has 0 radical (unpaired) electrons. The second-order valence-corrected chi connectivity index (χ2v) is 8.39. The van der Waals surface area contributed by atoms with Crippen molar-refractivity contribution in [2.75, 3.05) is 11.4 Å². The van der Waals surface area contributed by atoms with Crippen LogP contribution in [0.1, 0.15) is 25.1 Å². The number of aryl methyl sites for hydroxylation is 1. The summed E-state index contributed by atoms with van der Waals surface area (Å²) in [6, 6.07) is 1.39. The highest BCUT2D eigenvalue weighted by Gasteiger charge is 2.62. The SMILES string of the molecule is Cc1coc(-c2cc3c(cc2F)N2C[C@@H](C)O[C@@H](C)[C@@H]2C2(C3)C(=O)NC(=O)NC2=O)n1. The van der Waals surface area contributed by atoms with Crippen molar-refractivity contribution in [2.24, 2.45) is 5.41 Å². The molecule has 162 valence electrons. The molecule has 10 heteroatoms. The number of fused-ring (bicyclic) bond motifs is 4. The Morgan fingerprint density at radius 3 is 2.55 bits per heavy atom. The van der Waals surface area contributed by atoms with Crippen molar-refractivity contribution < 1.29 is 27.9 Å². The Hall–Kier alpha value is -3.27. The maximum absolute atomic E-state index is 15.1. The van der Waals surface area contributed by atoms with Crippen molar-refractivity contribution in [3.8, 4) is 11.5 Å². The van der Waals surface area contributed by atoms with E-state index < -0.39 is 41.2 Å². The van der Waals surface area contributed by atoms with E-state index in [1.54, 1.807) is 19.9 Å². The van der Waals surface area contributed by atoms with Crippen molar-refractivity contribution in [3.05, 3.63) is 35.5 Å². The highest BCUT2D eigenvalue weighted by atomic mass is 19.1. The first kappa shape index (κ1) is 19.7. The number of barbiturate groups is 1. The van der Waals surface area contributed by atoms with Crippen molar-refractivity contribution in [1.82, 2.24) is 15.6 Å². The van der Waals surface area contributed by atoms with Gasteiger partial charge in [0.15, 0.2) is 5.41 Å². The first-order valence-electron chi connectivity index (χ1n) is 10.0. The number of hydrogen-bond acceptors (Lipinski definition) is 7. The minimum Gasteiger partial charge on any atom is -0.444 e. The molecule has 1 aromatic heterocycles. The number of anilines is 1. The van der Waals surface area contributed by atoms with Crippen LogP contribution in [0.5, 0.6) is 0 Å². The number of hydrogen-bond donors (Lipinski definition) is 2. The molecule has 3 aliphatic rings. The number of urea groups is 1. The number of morpholine rings is 1. The highest BCUT2D eigenvalue weighted by molar-refractivity contribution is 6.20. The summed E-state index contributed by atoms with van der Waals surface area (Å²) in [7, 11) is 0. The van der Waals surface area contributed by atoms with Crippen LogP contribution in [-0.2, 0) is 20.7 Å². The standard InChI is InChI=1S/C21H21FN4O5/c1-9-8-30-17(23-9)13-4-12-6-21(18(27)24-20(29)25-19(21)28)16-11(3)31-10(2)7-26(16)15(12)5-14(13)22/h4-5,8,10-11,16H,6-7H2,1-3H3,(H2,24,25,27,28,29)/t10-,11+,16-/m1/s1. The monoisotopic (exact) mass is 428 g/mol. The number of amides is 4. The van der Waals surface area contributed by atoms with E-state index in [2.05, 4.69) is 15.6 Å². The number of rotatable bonds is 1. The average Bonchev–Trinajstić information content (AvgIpc) is 3.11. The lowest BCUT2D eigenvalue weighted by atomic mass is 9.66. The number of benzene rings is 1. The molecule has 0 unspecified atom stereocenters. The van der Waals surface area contributed by atoms with Gasteiger partial charge in [-0.25, -0.2) is 14.2 Å². The van der Waals surface area contributed by atoms with Crippen LogP contribution in [0.15, 0.2) is 22.8 Å². The minimum atomic E-state index is -1.61. The fourth-order valence-corrected chi connectivity index (χ4v) is 5.10. The Morgan fingerprint density at radius 2 is 1.90 bits per heavy atom. The number of nitrogens with zero attached hydrogens (tertiary/aromatic N) is 2. The maximum Gasteiger partial charge on any atom is 0.328 e. The van der Waals surface area contributed by atoms with Gasteiger partial charge >= 0.3 is 6.03 Å². The summed E-state index contributed by atoms with van der Waals surface area (Å²) in [6.07, 6.45) is 0.676. The van der Waals surface area contributed by atoms with Gasteiger partial charge in [0.05, 0.1) is 29.5 Å². The predicted molar refractivity (Wildman–Crippen MR) is 106 cm³/mol. The molecule has 2 saturated heterocycles. The lowest BCUT2D eigenvalue weighted by Crippen LogP contribution is -2.75. The molecule has 0 saturated carbocycles. The molecule has 3 aliphatic heterocycles. The van der Waals surface area contributed by atoms with Crippen LogP contribution >= 0.6 is 0 Å². The third-order valence-electron chi connectivity index (χ3n) is 6.25. The first-order valence-corrected chi connectivity index (χ1v) is 10.0. The Labute approximate surface area is 176 Å². The molecule has 4 heterocycles. The summed E-state index contributed by atoms with van der Waals surface area (Å²) in [5, 5.41) is 4.46. The smallest absolute Gasteiger partial charge is 0.328 e. The molecule has 0 aliphatic carbocycles. The van der Waals surface area contributed by atoms with Crippen LogP contribution in [0.3, 0.4) is 0 Å². The van der Waals surface area contributed by atoms with E-state index >= 15 is 4.39 Å². The molecule has 9 nitrogen and oxygen atoms in total. The van der Waals surface area contributed by atoms with Crippen molar-refractivity contribution in [2.45, 2.75) is 45.4 Å². The molecular weight excluding hydrogens is 407 g/mol. The molecular formula is C21H21FN4O5.